The summed E-state index contributed by atoms with van der Waals surface area (Å²) in [5.74, 6) is -2.43. The molecule has 5 nitrogen and oxygen atoms in total. The van der Waals surface area contributed by atoms with Crippen molar-refractivity contribution in [3.63, 3.8) is 0 Å². The molecule has 0 bridgehead atoms. The zero-order chi connectivity index (χ0) is 26.9. The molecule has 2 aliphatic carbocycles. The molecule has 0 spiro atoms. The molecule has 194 valence electrons. The highest BCUT2D eigenvalue weighted by molar-refractivity contribution is 6.24. The fourth-order valence-corrected chi connectivity index (χ4v) is 5.38. The van der Waals surface area contributed by atoms with Crippen molar-refractivity contribution in [2.45, 2.75) is 93.1 Å². The van der Waals surface area contributed by atoms with Crippen LogP contribution in [0, 0.1) is 23.2 Å². The van der Waals surface area contributed by atoms with Gasteiger partial charge in [-0.05, 0) is 85.5 Å². The third kappa shape index (κ3) is 5.72. The summed E-state index contributed by atoms with van der Waals surface area (Å²) in [6.07, 6.45) is 5.68. The first kappa shape index (κ1) is 28.8. The summed E-state index contributed by atoms with van der Waals surface area (Å²) in [6, 6.07) is 0. The summed E-state index contributed by atoms with van der Waals surface area (Å²) >= 11 is 0. The van der Waals surface area contributed by atoms with Gasteiger partial charge in [0, 0.05) is 11.5 Å². The minimum absolute atomic E-state index is 0.00458. The summed E-state index contributed by atoms with van der Waals surface area (Å²) in [5.41, 5.74) is 0.448. The van der Waals surface area contributed by atoms with Crippen LogP contribution in [0.25, 0.3) is 0 Å². The maximum Gasteiger partial charge on any atom is 0.184 e. The molecule has 3 N–H and O–H groups in total. The molecular weight excluding hydrogens is 440 g/mol. The van der Waals surface area contributed by atoms with Crippen LogP contribution in [0.1, 0.15) is 87.5 Å². The van der Waals surface area contributed by atoms with E-state index in [1.807, 2.05) is 46.8 Å². The molecule has 0 heterocycles. The quantitative estimate of drug-likeness (QED) is 0.245. The van der Waals surface area contributed by atoms with Gasteiger partial charge in [-0.25, -0.2) is 0 Å². The van der Waals surface area contributed by atoms with Gasteiger partial charge in [0.15, 0.2) is 11.6 Å². The maximum absolute atomic E-state index is 14.0. The van der Waals surface area contributed by atoms with Crippen LogP contribution in [-0.2, 0) is 9.59 Å². The zero-order valence-electron chi connectivity index (χ0n) is 22.8. The second kappa shape index (κ2) is 10.7. The van der Waals surface area contributed by atoms with E-state index in [1.54, 1.807) is 20.8 Å². The Morgan fingerprint density at radius 2 is 1.60 bits per heavy atom. The van der Waals surface area contributed by atoms with Crippen molar-refractivity contribution in [1.82, 2.24) is 0 Å². The largest absolute Gasteiger partial charge is 0.511 e. The van der Waals surface area contributed by atoms with E-state index in [9.17, 15) is 24.9 Å². The van der Waals surface area contributed by atoms with Gasteiger partial charge in [0.05, 0.1) is 11.0 Å². The predicted molar refractivity (Wildman–Crippen MR) is 141 cm³/mol. The first-order valence-electron chi connectivity index (χ1n) is 12.7. The average Bonchev–Trinajstić information content (AvgIpc) is 3.04. The molecule has 0 amide bonds. The van der Waals surface area contributed by atoms with E-state index in [4.69, 9.17) is 0 Å². The van der Waals surface area contributed by atoms with Crippen LogP contribution in [-0.4, -0.2) is 32.5 Å². The molecule has 1 fully saturated rings. The van der Waals surface area contributed by atoms with Crippen LogP contribution in [0.3, 0.4) is 0 Å². The SMILES string of the molecule is C=C(C)C1CCC(C)(O)C1CC1=C(O)C(CC=C(C)C)(CC=C(C)C)C(=O)C(C(=O)C(C)C)=C1O. The molecule has 0 aromatic heterocycles. The molecule has 3 atom stereocenters. The van der Waals surface area contributed by atoms with Crippen LogP contribution >= 0.6 is 0 Å². The van der Waals surface area contributed by atoms with Crippen LogP contribution in [0.15, 0.2) is 58.1 Å². The highest BCUT2D eigenvalue weighted by atomic mass is 16.3. The van der Waals surface area contributed by atoms with Gasteiger partial charge < -0.3 is 15.3 Å². The summed E-state index contributed by atoms with van der Waals surface area (Å²) in [6.45, 7) is 18.9. The Kier molecular flexibility index (Phi) is 8.81. The maximum atomic E-state index is 14.0. The number of carbonyl (C=O) groups is 2. The van der Waals surface area contributed by atoms with Crippen LogP contribution < -0.4 is 0 Å². The van der Waals surface area contributed by atoms with Gasteiger partial charge in [-0.2, -0.15) is 0 Å². The Labute approximate surface area is 211 Å². The second-order valence-corrected chi connectivity index (χ2v) is 11.6. The van der Waals surface area contributed by atoms with E-state index in [-0.39, 0.29) is 48.0 Å². The number of ketones is 2. The van der Waals surface area contributed by atoms with E-state index >= 15 is 0 Å². The fourth-order valence-electron chi connectivity index (χ4n) is 5.38. The Hall–Kier alpha value is -2.40. The van der Waals surface area contributed by atoms with Gasteiger partial charge in [-0.1, -0.05) is 49.3 Å². The third-order valence-electron chi connectivity index (χ3n) is 7.71. The second-order valence-electron chi connectivity index (χ2n) is 11.6. The molecular formula is C30H44O5. The molecule has 0 radical (unpaired) electrons. The number of Topliss-reactive ketones (excluding diaryl/α,β-unsaturated/α-hetero) is 2. The number of aliphatic hydroxyl groups is 3. The molecule has 0 saturated heterocycles. The topological polar surface area (TPSA) is 94.8 Å². The normalized spacial score (nSPS) is 26.3. The predicted octanol–water partition coefficient (Wildman–Crippen LogP) is 6.86. The summed E-state index contributed by atoms with van der Waals surface area (Å²) in [4.78, 5) is 27.2. The van der Waals surface area contributed by atoms with Crippen LogP contribution in [0.2, 0.25) is 0 Å². The van der Waals surface area contributed by atoms with Gasteiger partial charge in [-0.15, -0.1) is 0 Å². The Balaban J connectivity index is 2.83. The van der Waals surface area contributed by atoms with Crippen molar-refractivity contribution in [2.75, 3.05) is 0 Å². The lowest BCUT2D eigenvalue weighted by Crippen LogP contribution is -2.42. The number of hydrogen-bond acceptors (Lipinski definition) is 5. The van der Waals surface area contributed by atoms with E-state index in [0.29, 0.717) is 6.42 Å². The smallest absolute Gasteiger partial charge is 0.184 e. The monoisotopic (exact) mass is 484 g/mol. The van der Waals surface area contributed by atoms with Crippen molar-refractivity contribution in [3.8, 4) is 0 Å². The minimum atomic E-state index is -1.39. The molecule has 3 unspecified atom stereocenters. The summed E-state index contributed by atoms with van der Waals surface area (Å²) in [5, 5.41) is 34.2. The van der Waals surface area contributed by atoms with Gasteiger partial charge in [0.2, 0.25) is 0 Å². The van der Waals surface area contributed by atoms with Crippen LogP contribution in [0.5, 0.6) is 0 Å². The van der Waals surface area contributed by atoms with Gasteiger partial charge in [0.1, 0.15) is 17.1 Å². The van der Waals surface area contributed by atoms with E-state index in [0.717, 1.165) is 23.1 Å². The van der Waals surface area contributed by atoms with E-state index < -0.39 is 34.3 Å². The average molecular weight is 485 g/mol. The molecule has 35 heavy (non-hydrogen) atoms. The Morgan fingerprint density at radius 1 is 1.09 bits per heavy atom. The van der Waals surface area contributed by atoms with E-state index in [2.05, 4.69) is 6.58 Å². The molecule has 1 saturated carbocycles. The van der Waals surface area contributed by atoms with Gasteiger partial charge in [0.25, 0.3) is 0 Å². The first-order valence-corrected chi connectivity index (χ1v) is 12.7. The molecule has 0 aromatic rings. The van der Waals surface area contributed by atoms with Crippen molar-refractivity contribution in [2.24, 2.45) is 23.2 Å². The highest BCUT2D eigenvalue weighted by Crippen LogP contribution is 2.52. The minimum Gasteiger partial charge on any atom is -0.511 e. The number of hydrogen-bond donors (Lipinski definition) is 3. The molecule has 5 heteroatoms. The number of allylic oxidation sites excluding steroid dienone is 8. The highest BCUT2D eigenvalue weighted by Gasteiger charge is 2.52. The Morgan fingerprint density at radius 3 is 2.03 bits per heavy atom. The third-order valence-corrected chi connectivity index (χ3v) is 7.71. The zero-order valence-corrected chi connectivity index (χ0v) is 22.8. The van der Waals surface area contributed by atoms with Gasteiger partial charge in [-0.3, -0.25) is 9.59 Å². The van der Waals surface area contributed by atoms with Crippen molar-refractivity contribution >= 4 is 11.6 Å². The fraction of sp³-hybridized carbons (Fsp3) is 0.600. The molecule has 2 aliphatic rings. The van der Waals surface area contributed by atoms with Crippen molar-refractivity contribution in [3.05, 3.63) is 58.1 Å². The molecule has 2 rings (SSSR count). The number of carbonyl (C=O) groups excluding carboxylic acids is 2. The van der Waals surface area contributed by atoms with Crippen molar-refractivity contribution in [1.29, 1.82) is 0 Å². The lowest BCUT2D eigenvalue weighted by atomic mass is 9.65. The molecule has 0 aliphatic heterocycles. The molecule has 0 aromatic carbocycles. The summed E-state index contributed by atoms with van der Waals surface area (Å²) < 4.78 is 0. The lowest BCUT2D eigenvalue weighted by molar-refractivity contribution is -0.129. The lowest BCUT2D eigenvalue weighted by Gasteiger charge is -2.38. The van der Waals surface area contributed by atoms with Crippen LogP contribution in [0.4, 0.5) is 0 Å². The van der Waals surface area contributed by atoms with Crippen molar-refractivity contribution < 1.29 is 24.9 Å². The van der Waals surface area contributed by atoms with Gasteiger partial charge >= 0.3 is 0 Å². The Bertz CT molecular complexity index is 987. The van der Waals surface area contributed by atoms with E-state index in [1.165, 1.54) is 0 Å². The summed E-state index contributed by atoms with van der Waals surface area (Å²) in [7, 11) is 0. The number of rotatable bonds is 9. The number of aliphatic hydroxyl groups excluding tert-OH is 2. The first-order chi connectivity index (χ1) is 16.1. The standard InChI is InChI=1S/C30H44O5/c1-17(2)10-14-30(15-11-18(3)4)27(33)22(26(32)24(28(30)34)25(31)20(7)8)16-23-21(19(5)6)12-13-29(23,9)35/h10-11,20-21,23,32-33,35H,5,12-16H2,1-4,6-9H3.